The number of hydrogen-bond donors (Lipinski definition) is 0. The molecule has 2 fully saturated rings. The highest BCUT2D eigenvalue weighted by atomic mass is 35.5. The number of aryl methyl sites for hydroxylation is 1. The number of fused-ring (bicyclic) bond motifs is 3. The van der Waals surface area contributed by atoms with Crippen molar-refractivity contribution in [2.75, 3.05) is 24.5 Å². The van der Waals surface area contributed by atoms with Crippen LogP contribution < -0.4 is 4.90 Å². The first-order valence-electron chi connectivity index (χ1n) is 9.53. The van der Waals surface area contributed by atoms with Crippen LogP contribution in [-0.2, 0) is 6.54 Å². The lowest BCUT2D eigenvalue weighted by atomic mass is 10.0. The molecule has 28 heavy (non-hydrogen) atoms. The molecule has 5 heterocycles. The van der Waals surface area contributed by atoms with E-state index in [-0.39, 0.29) is 18.1 Å². The molecular weight excluding hydrogens is 381 g/mol. The van der Waals surface area contributed by atoms with Crippen molar-refractivity contribution in [2.24, 2.45) is 0 Å². The Morgan fingerprint density at radius 1 is 1.21 bits per heavy atom. The highest BCUT2D eigenvalue weighted by Crippen LogP contribution is 2.42. The van der Waals surface area contributed by atoms with Gasteiger partial charge in [0.05, 0.1) is 46.9 Å². The molecule has 1 unspecified atom stereocenters. The summed E-state index contributed by atoms with van der Waals surface area (Å²) < 4.78 is 13.0. The van der Waals surface area contributed by atoms with Crippen molar-refractivity contribution in [2.45, 2.75) is 38.9 Å². The number of hydrogen-bond acceptors (Lipinski definition) is 4. The number of halogens is 2. The largest absolute Gasteiger partial charge is 0.366 e. The standard InChI is InChI=1S/C20H21ClFN5O/c1-11-15-10-27-16(19(15)24-12(2)18(11)21)5-6-26(20(27)28)14-8-25(9-14)13-3-4-17(22)23-7-13/h3-4,7,14,16H,5-6,8-10H2,1-2H3. The molecule has 146 valence electrons. The molecule has 0 saturated carbocycles. The zero-order valence-electron chi connectivity index (χ0n) is 15.8. The molecule has 0 spiro atoms. The van der Waals surface area contributed by atoms with Crippen LogP contribution in [0.2, 0.25) is 5.02 Å². The maximum absolute atomic E-state index is 13.2. The molecule has 2 aromatic heterocycles. The zero-order valence-corrected chi connectivity index (χ0v) is 16.6. The average molecular weight is 402 g/mol. The first kappa shape index (κ1) is 17.7. The topological polar surface area (TPSA) is 52.6 Å². The third-order valence-corrected chi connectivity index (χ3v) is 6.79. The van der Waals surface area contributed by atoms with Gasteiger partial charge in [0, 0.05) is 19.6 Å². The Bertz CT molecular complexity index is 960. The van der Waals surface area contributed by atoms with E-state index in [0.29, 0.717) is 11.6 Å². The molecule has 2 aromatic rings. The maximum Gasteiger partial charge on any atom is 0.321 e. The number of anilines is 1. The zero-order chi connectivity index (χ0) is 19.6. The van der Waals surface area contributed by atoms with E-state index in [9.17, 15) is 9.18 Å². The molecule has 0 aliphatic carbocycles. The van der Waals surface area contributed by atoms with Crippen molar-refractivity contribution in [1.82, 2.24) is 19.8 Å². The predicted molar refractivity (Wildman–Crippen MR) is 104 cm³/mol. The monoisotopic (exact) mass is 401 g/mol. The van der Waals surface area contributed by atoms with Crippen LogP contribution in [0, 0.1) is 19.8 Å². The molecule has 6 nitrogen and oxygen atoms in total. The van der Waals surface area contributed by atoms with Gasteiger partial charge in [-0.2, -0.15) is 4.39 Å². The van der Waals surface area contributed by atoms with Crippen molar-refractivity contribution in [3.8, 4) is 0 Å². The van der Waals surface area contributed by atoms with Gasteiger partial charge in [-0.15, -0.1) is 0 Å². The van der Waals surface area contributed by atoms with Gasteiger partial charge in [0.15, 0.2) is 0 Å². The number of nitrogens with zero attached hydrogens (tertiary/aromatic N) is 5. The third-order valence-electron chi connectivity index (χ3n) is 6.23. The van der Waals surface area contributed by atoms with E-state index in [1.165, 1.54) is 12.3 Å². The Kier molecular flexibility index (Phi) is 3.98. The maximum atomic E-state index is 13.2. The summed E-state index contributed by atoms with van der Waals surface area (Å²) in [5, 5.41) is 0.699. The fourth-order valence-electron chi connectivity index (χ4n) is 4.57. The van der Waals surface area contributed by atoms with E-state index >= 15 is 0 Å². The first-order chi connectivity index (χ1) is 13.4. The highest BCUT2D eigenvalue weighted by molar-refractivity contribution is 6.32. The number of urea groups is 1. The lowest BCUT2D eigenvalue weighted by Gasteiger charge is -2.49. The van der Waals surface area contributed by atoms with E-state index < -0.39 is 5.95 Å². The normalized spacial score (nSPS) is 21.6. The van der Waals surface area contributed by atoms with Crippen LogP contribution in [0.25, 0.3) is 0 Å². The van der Waals surface area contributed by atoms with E-state index in [0.717, 1.165) is 54.3 Å². The van der Waals surface area contributed by atoms with E-state index in [4.69, 9.17) is 16.6 Å². The first-order valence-corrected chi connectivity index (χ1v) is 9.91. The minimum atomic E-state index is -0.481. The second-order valence-corrected chi connectivity index (χ2v) is 8.18. The molecule has 0 N–H and O–H groups in total. The Labute approximate surface area is 167 Å². The fraction of sp³-hybridized carbons (Fsp3) is 0.450. The molecular formula is C20H21ClFN5O. The van der Waals surface area contributed by atoms with Gasteiger partial charge < -0.3 is 14.7 Å². The molecule has 5 rings (SSSR count). The van der Waals surface area contributed by atoms with Gasteiger partial charge in [-0.05, 0) is 43.5 Å². The fourth-order valence-corrected chi connectivity index (χ4v) is 4.73. The second kappa shape index (κ2) is 6.30. The quantitative estimate of drug-likeness (QED) is 0.723. The molecule has 3 aliphatic rings. The van der Waals surface area contributed by atoms with E-state index in [1.807, 2.05) is 23.6 Å². The van der Waals surface area contributed by atoms with Crippen molar-refractivity contribution >= 4 is 23.3 Å². The van der Waals surface area contributed by atoms with Crippen LogP contribution in [0.1, 0.15) is 35.0 Å². The number of rotatable bonds is 2. The van der Waals surface area contributed by atoms with Gasteiger partial charge in [-0.3, -0.25) is 4.98 Å². The summed E-state index contributed by atoms with van der Waals surface area (Å²) in [5.74, 6) is -0.481. The summed E-state index contributed by atoms with van der Waals surface area (Å²) in [7, 11) is 0. The molecule has 3 aliphatic heterocycles. The molecule has 0 radical (unpaired) electrons. The van der Waals surface area contributed by atoms with Crippen molar-refractivity contribution in [3.05, 3.63) is 51.8 Å². The van der Waals surface area contributed by atoms with Crippen LogP contribution in [0.15, 0.2) is 18.3 Å². The van der Waals surface area contributed by atoms with Gasteiger partial charge in [0.2, 0.25) is 5.95 Å². The molecule has 1 atom stereocenters. The lowest BCUT2D eigenvalue weighted by molar-refractivity contribution is 0.0757. The van der Waals surface area contributed by atoms with Gasteiger partial charge in [0.25, 0.3) is 0 Å². The highest BCUT2D eigenvalue weighted by Gasteiger charge is 2.45. The summed E-state index contributed by atoms with van der Waals surface area (Å²) in [6.45, 7) is 6.72. The minimum Gasteiger partial charge on any atom is -0.366 e. The average Bonchev–Trinajstić information content (AvgIpc) is 3.01. The number of pyridine rings is 2. The molecule has 0 aromatic carbocycles. The Morgan fingerprint density at radius 3 is 2.71 bits per heavy atom. The van der Waals surface area contributed by atoms with Crippen LogP contribution in [0.3, 0.4) is 0 Å². The van der Waals surface area contributed by atoms with Crippen LogP contribution in [-0.4, -0.2) is 51.5 Å². The number of carbonyl (C=O) groups excluding carboxylic acids is 1. The van der Waals surface area contributed by atoms with Crippen LogP contribution >= 0.6 is 11.6 Å². The van der Waals surface area contributed by atoms with Crippen molar-refractivity contribution in [1.29, 1.82) is 0 Å². The van der Waals surface area contributed by atoms with Crippen LogP contribution in [0.5, 0.6) is 0 Å². The van der Waals surface area contributed by atoms with Gasteiger partial charge in [-0.1, -0.05) is 11.6 Å². The number of aromatic nitrogens is 2. The van der Waals surface area contributed by atoms with Crippen molar-refractivity contribution < 1.29 is 9.18 Å². The molecule has 2 amide bonds. The third kappa shape index (κ3) is 2.56. The summed E-state index contributed by atoms with van der Waals surface area (Å²) >= 11 is 6.38. The second-order valence-electron chi connectivity index (χ2n) is 7.81. The summed E-state index contributed by atoms with van der Waals surface area (Å²) in [6, 6.07) is 3.38. The number of amides is 2. The van der Waals surface area contributed by atoms with Crippen LogP contribution in [0.4, 0.5) is 14.9 Å². The Morgan fingerprint density at radius 2 is 2.00 bits per heavy atom. The number of carbonyl (C=O) groups is 1. The summed E-state index contributed by atoms with van der Waals surface area (Å²) in [5.41, 5.74) is 4.87. The van der Waals surface area contributed by atoms with E-state index in [1.54, 1.807) is 6.07 Å². The summed E-state index contributed by atoms with van der Waals surface area (Å²) in [6.07, 6.45) is 2.41. The van der Waals surface area contributed by atoms with E-state index in [2.05, 4.69) is 9.88 Å². The minimum absolute atomic E-state index is 0.0471. The molecule has 0 bridgehead atoms. The smallest absolute Gasteiger partial charge is 0.321 e. The lowest BCUT2D eigenvalue weighted by Crippen LogP contribution is -2.64. The molecule has 2 saturated heterocycles. The SMILES string of the molecule is Cc1nc2c(c(C)c1Cl)CN1C(=O)N(C3CN(c4ccc(F)nc4)C3)CCC21. The van der Waals surface area contributed by atoms with Gasteiger partial charge in [-0.25, -0.2) is 9.78 Å². The summed E-state index contributed by atoms with van der Waals surface area (Å²) in [4.78, 5) is 27.6. The van der Waals surface area contributed by atoms with Gasteiger partial charge in [0.1, 0.15) is 0 Å². The molecule has 8 heteroatoms. The Hall–Kier alpha value is -2.41. The van der Waals surface area contributed by atoms with Crippen molar-refractivity contribution in [3.63, 3.8) is 0 Å². The van der Waals surface area contributed by atoms with Gasteiger partial charge >= 0.3 is 6.03 Å². The predicted octanol–water partition coefficient (Wildman–Crippen LogP) is 3.46. The Balaban J connectivity index is 1.31.